The minimum absolute atomic E-state index is 0.00411. The number of piperazine rings is 1. The van der Waals surface area contributed by atoms with Crippen LogP contribution >= 0.6 is 0 Å². The Hall–Kier alpha value is -4.44. The number of anilines is 5. The third kappa shape index (κ3) is 5.61. The molecule has 0 spiro atoms. The molecule has 4 rings (SSSR count). The Kier molecular flexibility index (Phi) is 7.45. The van der Waals surface area contributed by atoms with Crippen molar-refractivity contribution < 1.29 is 10.0 Å². The first-order chi connectivity index (χ1) is 17.4. The number of carbonyl (C=O) groups excluding carboxylic acids is 1. The molecule has 12 nitrogen and oxygen atoms in total. The van der Waals surface area contributed by atoms with Crippen molar-refractivity contribution in [1.29, 1.82) is 5.26 Å². The average Bonchev–Trinajstić information content (AvgIpc) is 2.87. The minimum Gasteiger partial charge on any atom is -0.733 e. The largest absolute Gasteiger partial charge is 0.733 e. The van der Waals surface area contributed by atoms with Gasteiger partial charge < -0.3 is 31.7 Å². The van der Waals surface area contributed by atoms with Crippen molar-refractivity contribution >= 4 is 34.7 Å². The minimum atomic E-state index is -0.329. The zero-order chi connectivity index (χ0) is 25.7. The lowest BCUT2D eigenvalue weighted by Gasteiger charge is -2.33. The molecule has 12 heteroatoms. The molecule has 1 fully saturated rings. The van der Waals surface area contributed by atoms with Crippen molar-refractivity contribution in [2.24, 2.45) is 0 Å². The zero-order valence-corrected chi connectivity index (χ0v) is 19.7. The smallest absolute Gasteiger partial charge is 0.241 e. The molecule has 0 radical (unpaired) electrons. The maximum absolute atomic E-state index is 12.7. The summed E-state index contributed by atoms with van der Waals surface area (Å²) in [5, 5.41) is 35.1. The van der Waals surface area contributed by atoms with Crippen LogP contribution in [0.3, 0.4) is 0 Å². The number of aromatic nitrogens is 2. The molecule has 1 saturated heterocycles. The number of likely N-dealkylation sites (N-methyl/N-ethyl adjacent to an activating group) is 1. The number of hydrogen-bond acceptors (Lipinski definition) is 11. The van der Waals surface area contributed by atoms with Gasteiger partial charge in [-0.15, -0.1) is 0 Å². The Balaban J connectivity index is 1.49. The van der Waals surface area contributed by atoms with Crippen LogP contribution in [0.25, 0.3) is 11.3 Å². The van der Waals surface area contributed by atoms with Gasteiger partial charge in [0.1, 0.15) is 11.6 Å². The van der Waals surface area contributed by atoms with E-state index in [1.165, 1.54) is 12.1 Å². The SMILES string of the molecule is CN1CCN(c2ccc(NCCNc3ccc(N([O-])O)c(N)n3)nc2-c2ccc(C#N)cc2)C(=O)C1. The summed E-state index contributed by atoms with van der Waals surface area (Å²) in [4.78, 5) is 25.3. The second-order valence-corrected chi connectivity index (χ2v) is 8.26. The van der Waals surface area contributed by atoms with E-state index in [1.807, 2.05) is 36.2 Å². The Bertz CT molecular complexity index is 1270. The van der Waals surface area contributed by atoms with Gasteiger partial charge >= 0.3 is 0 Å². The lowest BCUT2D eigenvalue weighted by Crippen LogP contribution is -2.49. The number of carbonyl (C=O) groups is 1. The van der Waals surface area contributed by atoms with Crippen LogP contribution in [0.4, 0.5) is 28.8 Å². The number of rotatable bonds is 8. The van der Waals surface area contributed by atoms with Crippen LogP contribution in [0, 0.1) is 16.5 Å². The first-order valence-corrected chi connectivity index (χ1v) is 11.3. The van der Waals surface area contributed by atoms with Crippen LogP contribution in [0.15, 0.2) is 48.5 Å². The fourth-order valence-electron chi connectivity index (χ4n) is 3.84. The summed E-state index contributed by atoms with van der Waals surface area (Å²) in [7, 11) is 1.92. The van der Waals surface area contributed by atoms with E-state index in [4.69, 9.17) is 21.2 Å². The van der Waals surface area contributed by atoms with Gasteiger partial charge in [-0.2, -0.15) is 5.26 Å². The monoisotopic (exact) mass is 488 g/mol. The molecular formula is C24H26N9O3-. The highest BCUT2D eigenvalue weighted by molar-refractivity contribution is 5.99. The lowest BCUT2D eigenvalue weighted by molar-refractivity contribution is -0.120. The highest BCUT2D eigenvalue weighted by Crippen LogP contribution is 2.32. The standard InChI is InChI=1S/C24H26N9O3/c1-31-12-13-32(22(34)15-31)18-6-8-20(29-23(18)17-4-2-16(14-25)3-5-17)27-10-11-28-21-9-7-19(33(35)36)24(26)30-21/h2-9,35H,10-13,15H2,1H3,(H,27,29)(H3,26,28,30)/q-1. The summed E-state index contributed by atoms with van der Waals surface area (Å²) in [5.41, 5.74) is 8.25. The number of nitrogen functional groups attached to an aromatic ring is 1. The number of nitrogens with two attached hydrogens (primary N) is 1. The van der Waals surface area contributed by atoms with E-state index in [9.17, 15) is 10.0 Å². The van der Waals surface area contributed by atoms with Gasteiger partial charge in [0.05, 0.1) is 35.2 Å². The first kappa shape index (κ1) is 24.7. The molecule has 1 aliphatic heterocycles. The van der Waals surface area contributed by atoms with Crippen molar-refractivity contribution in [3.05, 3.63) is 59.3 Å². The van der Waals surface area contributed by atoms with Crippen molar-refractivity contribution in [2.45, 2.75) is 0 Å². The number of nitriles is 1. The average molecular weight is 489 g/mol. The molecule has 0 aliphatic carbocycles. The van der Waals surface area contributed by atoms with E-state index < -0.39 is 0 Å². The molecule has 5 N–H and O–H groups in total. The summed E-state index contributed by atoms with van der Waals surface area (Å²) in [6.45, 7) is 2.62. The fraction of sp³-hybridized carbons (Fsp3) is 0.250. The third-order valence-corrected chi connectivity index (χ3v) is 5.71. The quantitative estimate of drug-likeness (QED) is 0.270. The molecule has 3 aromatic rings. The first-order valence-electron chi connectivity index (χ1n) is 11.3. The van der Waals surface area contributed by atoms with Gasteiger partial charge in [-0.1, -0.05) is 12.1 Å². The van der Waals surface area contributed by atoms with Crippen LogP contribution in [0.5, 0.6) is 0 Å². The Morgan fingerprint density at radius 1 is 1.08 bits per heavy atom. The van der Waals surface area contributed by atoms with Gasteiger partial charge in [-0.25, -0.2) is 9.97 Å². The zero-order valence-electron chi connectivity index (χ0n) is 19.7. The van der Waals surface area contributed by atoms with Crippen molar-refractivity contribution in [3.8, 4) is 17.3 Å². The molecular weight excluding hydrogens is 462 g/mol. The van der Waals surface area contributed by atoms with E-state index in [0.29, 0.717) is 49.1 Å². The Morgan fingerprint density at radius 2 is 1.75 bits per heavy atom. The Morgan fingerprint density at radius 3 is 2.36 bits per heavy atom. The number of hydrogen-bond donors (Lipinski definition) is 4. The van der Waals surface area contributed by atoms with Gasteiger partial charge in [0, 0.05) is 31.7 Å². The highest BCUT2D eigenvalue weighted by Gasteiger charge is 2.26. The second kappa shape index (κ2) is 10.9. The van der Waals surface area contributed by atoms with Gasteiger partial charge in [-0.05, 0) is 43.4 Å². The summed E-state index contributed by atoms with van der Waals surface area (Å²) >= 11 is 0. The maximum Gasteiger partial charge on any atom is 0.241 e. The lowest BCUT2D eigenvalue weighted by atomic mass is 10.1. The van der Waals surface area contributed by atoms with Gasteiger partial charge in [0.15, 0.2) is 5.82 Å². The predicted octanol–water partition coefficient (Wildman–Crippen LogP) is 2.09. The number of benzene rings is 1. The van der Waals surface area contributed by atoms with Crippen LogP contribution < -0.4 is 26.5 Å². The topological polar surface area (TPSA) is 170 Å². The summed E-state index contributed by atoms with van der Waals surface area (Å²) < 4.78 is 0. The molecule has 1 amide bonds. The molecule has 0 bridgehead atoms. The predicted molar refractivity (Wildman–Crippen MR) is 137 cm³/mol. The number of amides is 1. The van der Waals surface area contributed by atoms with E-state index in [0.717, 1.165) is 17.8 Å². The number of nitrogens with zero attached hydrogens (tertiary/aromatic N) is 6. The van der Waals surface area contributed by atoms with E-state index in [2.05, 4.69) is 21.7 Å². The van der Waals surface area contributed by atoms with E-state index in [1.54, 1.807) is 17.0 Å². The Labute approximate surface area is 208 Å². The van der Waals surface area contributed by atoms with Gasteiger partial charge in [-0.3, -0.25) is 14.9 Å². The fourth-order valence-corrected chi connectivity index (χ4v) is 3.84. The molecule has 1 aliphatic rings. The molecule has 0 unspecified atom stereocenters. The number of nitrogens with one attached hydrogen (secondary N) is 2. The van der Waals surface area contributed by atoms with Gasteiger partial charge in [0.2, 0.25) is 5.91 Å². The van der Waals surface area contributed by atoms with Crippen LogP contribution in [-0.2, 0) is 4.79 Å². The van der Waals surface area contributed by atoms with E-state index in [-0.39, 0.29) is 22.6 Å². The molecule has 3 heterocycles. The molecule has 36 heavy (non-hydrogen) atoms. The van der Waals surface area contributed by atoms with Crippen molar-refractivity contribution in [1.82, 2.24) is 14.9 Å². The van der Waals surface area contributed by atoms with Gasteiger partial charge in [0.25, 0.3) is 0 Å². The molecule has 186 valence electrons. The van der Waals surface area contributed by atoms with Crippen LogP contribution in [-0.4, -0.2) is 65.8 Å². The molecule has 0 saturated carbocycles. The third-order valence-electron chi connectivity index (χ3n) is 5.71. The summed E-state index contributed by atoms with van der Waals surface area (Å²) in [6.07, 6.45) is 0. The van der Waals surface area contributed by atoms with Crippen molar-refractivity contribution in [2.75, 3.05) is 66.3 Å². The molecule has 0 atom stereocenters. The van der Waals surface area contributed by atoms with Crippen LogP contribution in [0.1, 0.15) is 5.56 Å². The molecule has 1 aromatic carbocycles. The molecule has 2 aromatic heterocycles. The maximum atomic E-state index is 12.7. The van der Waals surface area contributed by atoms with Crippen LogP contribution in [0.2, 0.25) is 0 Å². The summed E-state index contributed by atoms with van der Waals surface area (Å²) in [5.74, 6) is 0.985. The van der Waals surface area contributed by atoms with E-state index >= 15 is 0 Å². The summed E-state index contributed by atoms with van der Waals surface area (Å²) in [6, 6.07) is 15.8. The normalized spacial score (nSPS) is 13.8. The highest BCUT2D eigenvalue weighted by atomic mass is 16.8. The van der Waals surface area contributed by atoms with Crippen molar-refractivity contribution in [3.63, 3.8) is 0 Å². The number of pyridine rings is 2. The second-order valence-electron chi connectivity index (χ2n) is 8.26.